The van der Waals surface area contributed by atoms with Gasteiger partial charge in [0.1, 0.15) is 0 Å². The topological polar surface area (TPSA) is 49.8 Å². The number of methoxy groups -OCH3 is 1. The van der Waals surface area contributed by atoms with E-state index in [4.69, 9.17) is 0 Å². The van der Waals surface area contributed by atoms with E-state index < -0.39 is 0 Å². The van der Waals surface area contributed by atoms with E-state index in [1.54, 1.807) is 6.92 Å². The number of nitrogens with zero attached hydrogens (tertiary/aromatic N) is 1. The summed E-state index contributed by atoms with van der Waals surface area (Å²) in [7, 11) is 1.39. The van der Waals surface area contributed by atoms with Gasteiger partial charge in [0.25, 0.3) is 0 Å². The first-order valence-electron chi connectivity index (χ1n) is 5.14. The zero-order chi connectivity index (χ0) is 10.6. The van der Waals surface area contributed by atoms with E-state index in [0.717, 1.165) is 25.8 Å². The van der Waals surface area contributed by atoms with Crippen molar-refractivity contribution in [2.75, 3.05) is 20.2 Å². The Kier molecular flexibility index (Phi) is 4.35. The number of aliphatic hydroxyl groups is 1. The maximum Gasteiger partial charge on any atom is 0.319 e. The van der Waals surface area contributed by atoms with Crippen LogP contribution in [0.3, 0.4) is 0 Å². The van der Waals surface area contributed by atoms with E-state index in [-0.39, 0.29) is 18.1 Å². The smallest absolute Gasteiger partial charge is 0.319 e. The van der Waals surface area contributed by atoms with Gasteiger partial charge in [-0.2, -0.15) is 0 Å². The average Bonchev–Trinajstić information content (AvgIpc) is 2.18. The van der Waals surface area contributed by atoms with Gasteiger partial charge < -0.3 is 9.84 Å². The number of esters is 1. The van der Waals surface area contributed by atoms with Crippen molar-refractivity contribution in [2.24, 2.45) is 0 Å². The molecule has 2 unspecified atom stereocenters. The van der Waals surface area contributed by atoms with Crippen LogP contribution in [0.2, 0.25) is 0 Å². The summed E-state index contributed by atoms with van der Waals surface area (Å²) < 4.78 is 4.62. The van der Waals surface area contributed by atoms with Crippen molar-refractivity contribution < 1.29 is 14.6 Å². The van der Waals surface area contributed by atoms with Crippen LogP contribution in [0.1, 0.15) is 26.2 Å². The van der Waals surface area contributed by atoms with E-state index in [2.05, 4.69) is 4.74 Å². The summed E-state index contributed by atoms with van der Waals surface area (Å²) >= 11 is 0. The molecule has 1 fully saturated rings. The van der Waals surface area contributed by atoms with Gasteiger partial charge in [-0.25, -0.2) is 0 Å². The summed E-state index contributed by atoms with van der Waals surface area (Å²) in [6, 6.07) is 0.114. The quantitative estimate of drug-likeness (QED) is 0.671. The second-order valence-corrected chi connectivity index (χ2v) is 3.85. The fourth-order valence-corrected chi connectivity index (χ4v) is 1.99. The minimum atomic E-state index is -0.375. The molecule has 0 saturated carbocycles. The molecule has 1 saturated heterocycles. The predicted octanol–water partition coefficient (Wildman–Crippen LogP) is 0.395. The lowest BCUT2D eigenvalue weighted by Crippen LogP contribution is -2.48. The summed E-state index contributed by atoms with van der Waals surface area (Å²) in [6.45, 7) is 2.96. The summed E-state index contributed by atoms with van der Waals surface area (Å²) in [4.78, 5) is 13.1. The molecule has 0 bridgehead atoms. The SMILES string of the molecule is COC(=O)CN1CCCCC1C(C)O. The van der Waals surface area contributed by atoms with Crippen molar-refractivity contribution in [3.05, 3.63) is 0 Å². The van der Waals surface area contributed by atoms with E-state index in [9.17, 15) is 9.90 Å². The highest BCUT2D eigenvalue weighted by Gasteiger charge is 2.27. The zero-order valence-electron chi connectivity index (χ0n) is 8.90. The van der Waals surface area contributed by atoms with Gasteiger partial charge in [-0.15, -0.1) is 0 Å². The molecule has 1 N–H and O–H groups in total. The molecule has 1 heterocycles. The van der Waals surface area contributed by atoms with Crippen LogP contribution in [-0.4, -0.2) is 48.3 Å². The van der Waals surface area contributed by atoms with Crippen molar-refractivity contribution in [3.8, 4) is 0 Å². The molecule has 4 nitrogen and oxygen atoms in total. The zero-order valence-corrected chi connectivity index (χ0v) is 8.90. The first kappa shape index (κ1) is 11.5. The van der Waals surface area contributed by atoms with Gasteiger partial charge in [-0.1, -0.05) is 6.42 Å². The summed E-state index contributed by atoms with van der Waals surface area (Å²) in [5.41, 5.74) is 0. The second kappa shape index (κ2) is 5.32. The maximum atomic E-state index is 11.1. The van der Waals surface area contributed by atoms with Crippen molar-refractivity contribution in [2.45, 2.75) is 38.3 Å². The van der Waals surface area contributed by atoms with Crippen LogP contribution in [0.4, 0.5) is 0 Å². The fourth-order valence-electron chi connectivity index (χ4n) is 1.99. The number of hydrogen-bond donors (Lipinski definition) is 1. The molecule has 1 aliphatic rings. The number of likely N-dealkylation sites (tertiary alicyclic amines) is 1. The van der Waals surface area contributed by atoms with Gasteiger partial charge in [0.05, 0.1) is 19.8 Å². The van der Waals surface area contributed by atoms with E-state index in [1.807, 2.05) is 4.90 Å². The number of ether oxygens (including phenoxy) is 1. The molecule has 2 atom stereocenters. The predicted molar refractivity (Wildman–Crippen MR) is 52.9 cm³/mol. The standard InChI is InChI=1S/C10H19NO3/c1-8(12)9-5-3-4-6-11(9)7-10(13)14-2/h8-9,12H,3-7H2,1-2H3. The van der Waals surface area contributed by atoms with Crippen molar-refractivity contribution >= 4 is 5.97 Å². The highest BCUT2D eigenvalue weighted by Crippen LogP contribution is 2.19. The van der Waals surface area contributed by atoms with E-state index >= 15 is 0 Å². The largest absolute Gasteiger partial charge is 0.468 e. The third kappa shape index (κ3) is 2.96. The number of hydrogen-bond acceptors (Lipinski definition) is 4. The molecule has 0 radical (unpaired) electrons. The Bertz CT molecular complexity index is 194. The molecule has 1 rings (SSSR count). The van der Waals surface area contributed by atoms with Gasteiger partial charge in [0.15, 0.2) is 0 Å². The lowest BCUT2D eigenvalue weighted by atomic mass is 9.98. The van der Waals surface area contributed by atoms with Gasteiger partial charge in [0.2, 0.25) is 0 Å². The molecule has 0 amide bonds. The van der Waals surface area contributed by atoms with Crippen LogP contribution < -0.4 is 0 Å². The average molecular weight is 201 g/mol. The molecule has 14 heavy (non-hydrogen) atoms. The Morgan fingerprint density at radius 1 is 1.64 bits per heavy atom. The first-order chi connectivity index (χ1) is 6.65. The molecular formula is C10H19NO3. The van der Waals surface area contributed by atoms with Gasteiger partial charge in [-0.3, -0.25) is 9.69 Å². The minimum Gasteiger partial charge on any atom is -0.468 e. The normalized spacial score (nSPS) is 25.8. The monoisotopic (exact) mass is 201 g/mol. The lowest BCUT2D eigenvalue weighted by Gasteiger charge is -2.36. The number of aliphatic hydroxyl groups excluding tert-OH is 1. The molecule has 82 valence electrons. The molecule has 4 heteroatoms. The van der Waals surface area contributed by atoms with Crippen LogP contribution in [-0.2, 0) is 9.53 Å². The third-order valence-electron chi connectivity index (χ3n) is 2.78. The minimum absolute atomic E-state index is 0.114. The fraction of sp³-hybridized carbons (Fsp3) is 0.900. The summed E-state index contributed by atoms with van der Waals surface area (Å²) in [6.07, 6.45) is 2.82. The summed E-state index contributed by atoms with van der Waals surface area (Å²) in [5.74, 6) is -0.224. The van der Waals surface area contributed by atoms with Gasteiger partial charge in [-0.05, 0) is 26.3 Å². The molecule has 0 aromatic rings. The number of rotatable bonds is 3. The molecule has 0 aromatic carbocycles. The highest BCUT2D eigenvalue weighted by atomic mass is 16.5. The van der Waals surface area contributed by atoms with Crippen molar-refractivity contribution in [1.29, 1.82) is 0 Å². The van der Waals surface area contributed by atoms with Crippen LogP contribution in [0.25, 0.3) is 0 Å². The third-order valence-corrected chi connectivity index (χ3v) is 2.78. The first-order valence-corrected chi connectivity index (χ1v) is 5.14. The number of carbonyl (C=O) groups excluding carboxylic acids is 1. The summed E-state index contributed by atoms with van der Waals surface area (Å²) in [5, 5.41) is 9.54. The van der Waals surface area contributed by atoms with Gasteiger partial charge >= 0.3 is 5.97 Å². The highest BCUT2D eigenvalue weighted by molar-refractivity contribution is 5.71. The molecule has 0 spiro atoms. The second-order valence-electron chi connectivity index (χ2n) is 3.85. The van der Waals surface area contributed by atoms with E-state index in [0.29, 0.717) is 6.54 Å². The Labute approximate surface area is 84.8 Å². The van der Waals surface area contributed by atoms with Gasteiger partial charge in [0, 0.05) is 6.04 Å². The van der Waals surface area contributed by atoms with Crippen molar-refractivity contribution in [1.82, 2.24) is 4.90 Å². The Morgan fingerprint density at radius 2 is 2.36 bits per heavy atom. The van der Waals surface area contributed by atoms with Crippen molar-refractivity contribution in [3.63, 3.8) is 0 Å². The van der Waals surface area contributed by atoms with Crippen LogP contribution in [0.5, 0.6) is 0 Å². The molecule has 0 aromatic heterocycles. The Hall–Kier alpha value is -0.610. The van der Waals surface area contributed by atoms with Crippen LogP contribution in [0, 0.1) is 0 Å². The molecular weight excluding hydrogens is 182 g/mol. The lowest BCUT2D eigenvalue weighted by molar-refractivity contribution is -0.143. The van der Waals surface area contributed by atoms with E-state index in [1.165, 1.54) is 7.11 Å². The number of piperidine rings is 1. The number of carbonyl (C=O) groups is 1. The Balaban J connectivity index is 2.49. The Morgan fingerprint density at radius 3 is 2.93 bits per heavy atom. The maximum absolute atomic E-state index is 11.1. The van der Waals surface area contributed by atoms with Crippen LogP contribution >= 0.6 is 0 Å². The molecule has 0 aliphatic carbocycles. The molecule has 1 aliphatic heterocycles. The van der Waals surface area contributed by atoms with Crippen LogP contribution in [0.15, 0.2) is 0 Å².